The maximum Gasteiger partial charge on any atom is 0.407 e. The normalized spacial score (nSPS) is 26.0. The van der Waals surface area contributed by atoms with Gasteiger partial charge in [0.05, 0.1) is 5.70 Å². The van der Waals surface area contributed by atoms with Crippen molar-refractivity contribution in [3.05, 3.63) is 23.6 Å². The van der Waals surface area contributed by atoms with Crippen LogP contribution >= 0.6 is 0 Å². The van der Waals surface area contributed by atoms with Crippen molar-refractivity contribution >= 4 is 10.3 Å². The number of nitrogens with one attached hydrogen (secondary N) is 1. The Morgan fingerprint density at radius 3 is 2.77 bits per heavy atom. The van der Waals surface area contributed by atoms with Crippen LogP contribution in [0.5, 0.6) is 0 Å². The summed E-state index contributed by atoms with van der Waals surface area (Å²) < 4.78 is 29.3. The Morgan fingerprint density at radius 2 is 2.00 bits per heavy atom. The van der Waals surface area contributed by atoms with Crippen molar-refractivity contribution in [2.75, 3.05) is 0 Å². The SMILES string of the molecule is C=C1NS(=O)(=O)OC2=C1CCCC2. The number of allylic oxidation sites excluding steroid dienone is 2. The van der Waals surface area contributed by atoms with Gasteiger partial charge in [-0.2, -0.15) is 8.42 Å². The fourth-order valence-electron chi connectivity index (χ4n) is 1.65. The molecule has 0 saturated heterocycles. The first-order chi connectivity index (χ1) is 6.08. The van der Waals surface area contributed by atoms with E-state index in [0.717, 1.165) is 24.8 Å². The van der Waals surface area contributed by atoms with Crippen LogP contribution in [0, 0.1) is 0 Å². The zero-order valence-electron chi connectivity index (χ0n) is 7.17. The number of hydrogen-bond donors (Lipinski definition) is 1. The summed E-state index contributed by atoms with van der Waals surface area (Å²) >= 11 is 0. The van der Waals surface area contributed by atoms with Crippen LogP contribution in [-0.2, 0) is 14.5 Å². The highest BCUT2D eigenvalue weighted by atomic mass is 32.2. The lowest BCUT2D eigenvalue weighted by molar-refractivity contribution is 0.354. The zero-order chi connectivity index (χ0) is 9.47. The summed E-state index contributed by atoms with van der Waals surface area (Å²) in [5.41, 5.74) is 1.40. The molecule has 4 nitrogen and oxygen atoms in total. The average Bonchev–Trinajstić information content (AvgIpc) is 2.02. The second-order valence-corrected chi connectivity index (χ2v) is 4.51. The summed E-state index contributed by atoms with van der Waals surface area (Å²) in [6, 6.07) is 0. The summed E-state index contributed by atoms with van der Waals surface area (Å²) in [6.07, 6.45) is 3.62. The first-order valence-corrected chi connectivity index (χ1v) is 5.63. The number of hydrogen-bond acceptors (Lipinski definition) is 3. The largest absolute Gasteiger partial charge is 0.407 e. The van der Waals surface area contributed by atoms with Gasteiger partial charge < -0.3 is 4.18 Å². The molecule has 0 spiro atoms. The molecule has 0 fully saturated rings. The molecule has 2 aliphatic rings. The smallest absolute Gasteiger partial charge is 0.371 e. The molecule has 13 heavy (non-hydrogen) atoms. The minimum atomic E-state index is -3.61. The Morgan fingerprint density at radius 1 is 1.31 bits per heavy atom. The van der Waals surface area contributed by atoms with Crippen LogP contribution in [0.3, 0.4) is 0 Å². The van der Waals surface area contributed by atoms with Crippen LogP contribution in [0.25, 0.3) is 0 Å². The third-order valence-corrected chi connectivity index (χ3v) is 3.16. The highest BCUT2D eigenvalue weighted by molar-refractivity contribution is 7.85. The van der Waals surface area contributed by atoms with Gasteiger partial charge in [0.25, 0.3) is 0 Å². The monoisotopic (exact) mass is 201 g/mol. The standard InChI is InChI=1S/C8H11NO3S/c1-6-7-4-2-3-5-8(7)12-13(10,11)9-6/h9H,1-5H2. The van der Waals surface area contributed by atoms with Gasteiger partial charge in [0.2, 0.25) is 0 Å². The molecule has 1 heterocycles. The van der Waals surface area contributed by atoms with E-state index in [0.29, 0.717) is 17.9 Å². The van der Waals surface area contributed by atoms with Gasteiger partial charge in [0.15, 0.2) is 0 Å². The Balaban J connectivity index is 2.41. The van der Waals surface area contributed by atoms with Crippen LogP contribution in [0.15, 0.2) is 23.6 Å². The summed E-state index contributed by atoms with van der Waals surface area (Å²) in [5.74, 6) is 0.579. The lowest BCUT2D eigenvalue weighted by Crippen LogP contribution is -2.31. The molecule has 1 N–H and O–H groups in total. The maximum absolute atomic E-state index is 11.1. The Labute approximate surface area is 77.5 Å². The average molecular weight is 201 g/mol. The highest BCUT2D eigenvalue weighted by Crippen LogP contribution is 2.32. The molecular weight excluding hydrogens is 190 g/mol. The van der Waals surface area contributed by atoms with E-state index in [2.05, 4.69) is 11.3 Å². The molecule has 1 aliphatic heterocycles. The first kappa shape index (κ1) is 8.62. The summed E-state index contributed by atoms with van der Waals surface area (Å²) in [6.45, 7) is 3.67. The van der Waals surface area contributed by atoms with Crippen molar-refractivity contribution in [1.82, 2.24) is 4.72 Å². The Bertz CT molecular complexity index is 380. The van der Waals surface area contributed by atoms with Crippen molar-refractivity contribution in [2.24, 2.45) is 0 Å². The molecule has 0 bridgehead atoms. The van der Waals surface area contributed by atoms with Gasteiger partial charge >= 0.3 is 10.3 Å². The predicted octanol–water partition coefficient (Wildman–Crippen LogP) is 1.19. The lowest BCUT2D eigenvalue weighted by Gasteiger charge is -2.26. The van der Waals surface area contributed by atoms with Crippen LogP contribution in [0.2, 0.25) is 0 Å². The summed E-state index contributed by atoms with van der Waals surface area (Å²) in [7, 11) is -3.61. The summed E-state index contributed by atoms with van der Waals surface area (Å²) in [4.78, 5) is 0. The van der Waals surface area contributed by atoms with Crippen molar-refractivity contribution in [3.8, 4) is 0 Å². The molecule has 0 aromatic heterocycles. The topological polar surface area (TPSA) is 55.4 Å². The van der Waals surface area contributed by atoms with Crippen molar-refractivity contribution in [1.29, 1.82) is 0 Å². The third-order valence-electron chi connectivity index (χ3n) is 2.24. The minimum Gasteiger partial charge on any atom is -0.371 e. The van der Waals surface area contributed by atoms with Gasteiger partial charge in [0.1, 0.15) is 5.76 Å². The van der Waals surface area contributed by atoms with E-state index in [1.807, 2.05) is 0 Å². The molecule has 0 aromatic carbocycles. The van der Waals surface area contributed by atoms with Crippen LogP contribution in [-0.4, -0.2) is 8.42 Å². The molecule has 5 heteroatoms. The fourth-order valence-corrected chi connectivity index (χ4v) is 2.57. The lowest BCUT2D eigenvalue weighted by atomic mass is 9.96. The van der Waals surface area contributed by atoms with E-state index in [9.17, 15) is 8.42 Å². The quantitative estimate of drug-likeness (QED) is 0.640. The van der Waals surface area contributed by atoms with Crippen molar-refractivity contribution in [3.63, 3.8) is 0 Å². The molecule has 72 valence electrons. The van der Waals surface area contributed by atoms with Crippen LogP contribution in [0.1, 0.15) is 25.7 Å². The Hall–Kier alpha value is -0.970. The van der Waals surface area contributed by atoms with Crippen LogP contribution < -0.4 is 4.72 Å². The van der Waals surface area contributed by atoms with Crippen molar-refractivity contribution in [2.45, 2.75) is 25.7 Å². The van der Waals surface area contributed by atoms with Crippen LogP contribution in [0.4, 0.5) is 0 Å². The molecule has 0 aromatic rings. The molecule has 1 aliphatic carbocycles. The van der Waals surface area contributed by atoms with E-state index < -0.39 is 10.3 Å². The molecule has 0 unspecified atom stereocenters. The van der Waals surface area contributed by atoms with Gasteiger partial charge in [-0.15, -0.1) is 0 Å². The van der Waals surface area contributed by atoms with Gasteiger partial charge in [-0.05, 0) is 19.3 Å². The van der Waals surface area contributed by atoms with E-state index >= 15 is 0 Å². The first-order valence-electron chi connectivity index (χ1n) is 4.22. The second kappa shape index (κ2) is 2.77. The van der Waals surface area contributed by atoms with Crippen molar-refractivity contribution < 1.29 is 12.6 Å². The number of rotatable bonds is 0. The fraction of sp³-hybridized carbons (Fsp3) is 0.500. The molecule has 0 amide bonds. The molecule has 2 rings (SSSR count). The summed E-state index contributed by atoms with van der Waals surface area (Å²) in [5, 5.41) is 0. The van der Waals surface area contributed by atoms with Gasteiger partial charge in [-0.3, -0.25) is 4.72 Å². The van der Waals surface area contributed by atoms with E-state index in [4.69, 9.17) is 4.18 Å². The second-order valence-electron chi connectivity index (χ2n) is 3.23. The molecule has 0 radical (unpaired) electrons. The van der Waals surface area contributed by atoms with Gasteiger partial charge in [0, 0.05) is 12.0 Å². The predicted molar refractivity (Wildman–Crippen MR) is 47.8 cm³/mol. The molecule has 0 atom stereocenters. The molecule has 0 saturated carbocycles. The third kappa shape index (κ3) is 1.56. The zero-order valence-corrected chi connectivity index (χ0v) is 7.99. The Kier molecular flexibility index (Phi) is 1.83. The minimum absolute atomic E-state index is 0.473. The van der Waals surface area contributed by atoms with E-state index in [1.54, 1.807) is 0 Å². The molecular formula is C8H11NO3S. The van der Waals surface area contributed by atoms with E-state index in [1.165, 1.54) is 0 Å². The van der Waals surface area contributed by atoms with Gasteiger partial charge in [-0.1, -0.05) is 6.58 Å². The highest BCUT2D eigenvalue weighted by Gasteiger charge is 2.28. The van der Waals surface area contributed by atoms with Gasteiger partial charge in [-0.25, -0.2) is 0 Å². The van der Waals surface area contributed by atoms with E-state index in [-0.39, 0.29) is 0 Å². The maximum atomic E-state index is 11.1.